The highest BCUT2D eigenvalue weighted by Crippen LogP contribution is 2.22. The SMILES string of the molecule is Cc1cccc2c1C(=O)N[C@@H](Cc1cccc(C#N)c1)C(=O)N2. The smallest absolute Gasteiger partial charge is 0.254 e. The Kier molecular flexibility index (Phi) is 3.82. The predicted molar refractivity (Wildman–Crippen MR) is 85.9 cm³/mol. The van der Waals surface area contributed by atoms with Crippen LogP contribution < -0.4 is 10.6 Å². The Morgan fingerprint density at radius 1 is 1.17 bits per heavy atom. The number of nitriles is 1. The van der Waals surface area contributed by atoms with Gasteiger partial charge in [0.1, 0.15) is 6.04 Å². The fourth-order valence-corrected chi connectivity index (χ4v) is 2.74. The van der Waals surface area contributed by atoms with Crippen LogP contribution in [0, 0.1) is 18.3 Å². The van der Waals surface area contributed by atoms with E-state index in [0.29, 0.717) is 23.2 Å². The van der Waals surface area contributed by atoms with Crippen LogP contribution in [0.2, 0.25) is 0 Å². The average molecular weight is 305 g/mol. The van der Waals surface area contributed by atoms with Gasteiger partial charge in [-0.25, -0.2) is 0 Å². The van der Waals surface area contributed by atoms with E-state index >= 15 is 0 Å². The third-order valence-corrected chi connectivity index (χ3v) is 3.88. The second kappa shape index (κ2) is 5.93. The molecule has 0 aliphatic carbocycles. The number of carbonyl (C=O) groups excluding carboxylic acids is 2. The van der Waals surface area contributed by atoms with Gasteiger partial charge in [-0.15, -0.1) is 0 Å². The van der Waals surface area contributed by atoms with Crippen LogP contribution in [0.4, 0.5) is 5.69 Å². The van der Waals surface area contributed by atoms with Crippen molar-refractivity contribution in [3.8, 4) is 6.07 Å². The number of hydrogen-bond acceptors (Lipinski definition) is 3. The molecule has 1 atom stereocenters. The third kappa shape index (κ3) is 2.92. The lowest BCUT2D eigenvalue weighted by atomic mass is 10.0. The molecule has 2 aromatic rings. The standard InChI is InChI=1S/C18H15N3O2/c1-11-4-2-7-14-16(11)18(23)21-15(17(22)20-14)9-12-5-3-6-13(8-12)10-19/h2-8,15H,9H2,1H3,(H,20,22)(H,21,23)/t15-/m0/s1. The van der Waals surface area contributed by atoms with Gasteiger partial charge in [0.15, 0.2) is 0 Å². The van der Waals surface area contributed by atoms with Crippen LogP contribution in [0.15, 0.2) is 42.5 Å². The molecule has 0 fully saturated rings. The number of rotatable bonds is 2. The molecule has 1 heterocycles. The minimum atomic E-state index is -0.678. The van der Waals surface area contributed by atoms with Gasteiger partial charge in [-0.05, 0) is 36.2 Å². The van der Waals surface area contributed by atoms with Gasteiger partial charge in [-0.3, -0.25) is 9.59 Å². The Labute approximate surface area is 133 Å². The van der Waals surface area contributed by atoms with E-state index in [0.717, 1.165) is 11.1 Å². The van der Waals surface area contributed by atoms with Crippen LogP contribution in [-0.4, -0.2) is 17.9 Å². The topological polar surface area (TPSA) is 82.0 Å². The summed E-state index contributed by atoms with van der Waals surface area (Å²) in [5.74, 6) is -0.525. The highest BCUT2D eigenvalue weighted by Gasteiger charge is 2.28. The van der Waals surface area contributed by atoms with Gasteiger partial charge in [-0.2, -0.15) is 5.26 Å². The number of carbonyl (C=O) groups is 2. The zero-order valence-electron chi connectivity index (χ0n) is 12.6. The highest BCUT2D eigenvalue weighted by atomic mass is 16.2. The molecule has 0 radical (unpaired) electrons. The summed E-state index contributed by atoms with van der Waals surface area (Å²) in [5.41, 5.74) is 3.19. The van der Waals surface area contributed by atoms with E-state index < -0.39 is 6.04 Å². The molecular formula is C18H15N3O2. The zero-order valence-corrected chi connectivity index (χ0v) is 12.6. The molecule has 0 saturated carbocycles. The summed E-state index contributed by atoms with van der Waals surface area (Å²) < 4.78 is 0. The van der Waals surface area contributed by atoms with E-state index in [2.05, 4.69) is 16.7 Å². The molecular weight excluding hydrogens is 290 g/mol. The first-order chi connectivity index (χ1) is 11.1. The summed E-state index contributed by atoms with van der Waals surface area (Å²) in [6.07, 6.45) is 0.333. The van der Waals surface area contributed by atoms with Crippen LogP contribution in [-0.2, 0) is 11.2 Å². The maximum absolute atomic E-state index is 12.4. The minimum absolute atomic E-state index is 0.259. The number of nitrogens with one attached hydrogen (secondary N) is 2. The molecule has 5 heteroatoms. The van der Waals surface area contributed by atoms with E-state index in [1.165, 1.54) is 0 Å². The molecule has 0 saturated heterocycles. The van der Waals surface area contributed by atoms with Crippen molar-refractivity contribution in [3.05, 3.63) is 64.7 Å². The molecule has 114 valence electrons. The van der Waals surface area contributed by atoms with Gasteiger partial charge in [0, 0.05) is 6.42 Å². The van der Waals surface area contributed by atoms with Crippen molar-refractivity contribution in [2.24, 2.45) is 0 Å². The lowest BCUT2D eigenvalue weighted by Gasteiger charge is -2.14. The van der Waals surface area contributed by atoms with Gasteiger partial charge in [0.25, 0.3) is 5.91 Å². The second-order valence-corrected chi connectivity index (χ2v) is 5.53. The molecule has 2 N–H and O–H groups in total. The molecule has 1 aliphatic rings. The van der Waals surface area contributed by atoms with Gasteiger partial charge in [0.05, 0.1) is 22.9 Å². The van der Waals surface area contributed by atoms with Crippen molar-refractivity contribution >= 4 is 17.5 Å². The van der Waals surface area contributed by atoms with Crippen molar-refractivity contribution < 1.29 is 9.59 Å². The number of hydrogen-bond donors (Lipinski definition) is 2. The van der Waals surface area contributed by atoms with Crippen molar-refractivity contribution in [3.63, 3.8) is 0 Å². The number of aryl methyl sites for hydroxylation is 1. The number of fused-ring (bicyclic) bond motifs is 1. The monoisotopic (exact) mass is 305 g/mol. The van der Waals surface area contributed by atoms with E-state index in [1.54, 1.807) is 30.3 Å². The first kappa shape index (κ1) is 14.8. The summed E-state index contributed by atoms with van der Waals surface area (Å²) in [6.45, 7) is 1.83. The molecule has 0 unspecified atom stereocenters. The molecule has 3 rings (SSSR count). The first-order valence-corrected chi connectivity index (χ1v) is 7.29. The lowest BCUT2D eigenvalue weighted by molar-refractivity contribution is -0.117. The summed E-state index contributed by atoms with van der Waals surface area (Å²) >= 11 is 0. The Hall–Kier alpha value is -3.13. The van der Waals surface area contributed by atoms with E-state index in [-0.39, 0.29) is 11.8 Å². The Bertz CT molecular complexity index is 836. The first-order valence-electron chi connectivity index (χ1n) is 7.29. The summed E-state index contributed by atoms with van der Waals surface area (Å²) in [4.78, 5) is 24.8. The van der Waals surface area contributed by atoms with Crippen LogP contribution in [0.1, 0.15) is 27.0 Å². The highest BCUT2D eigenvalue weighted by molar-refractivity contribution is 6.10. The summed E-state index contributed by atoms with van der Waals surface area (Å²) in [6, 6.07) is 13.8. The largest absolute Gasteiger partial charge is 0.340 e. The third-order valence-electron chi connectivity index (χ3n) is 3.88. The second-order valence-electron chi connectivity index (χ2n) is 5.53. The predicted octanol–water partition coefficient (Wildman–Crippen LogP) is 2.16. The van der Waals surface area contributed by atoms with Gasteiger partial charge in [0.2, 0.25) is 5.91 Å². The fraction of sp³-hybridized carbons (Fsp3) is 0.167. The maximum Gasteiger partial charge on any atom is 0.254 e. The maximum atomic E-state index is 12.4. The van der Waals surface area contributed by atoms with E-state index in [9.17, 15) is 9.59 Å². The Morgan fingerprint density at radius 2 is 1.96 bits per heavy atom. The molecule has 0 bridgehead atoms. The molecule has 0 aromatic heterocycles. The molecule has 5 nitrogen and oxygen atoms in total. The van der Waals surface area contributed by atoms with Crippen molar-refractivity contribution in [2.75, 3.05) is 5.32 Å². The van der Waals surface area contributed by atoms with Crippen LogP contribution in [0.3, 0.4) is 0 Å². The van der Waals surface area contributed by atoms with E-state index in [4.69, 9.17) is 5.26 Å². The summed E-state index contributed by atoms with van der Waals surface area (Å²) in [5, 5.41) is 14.5. The van der Waals surface area contributed by atoms with Crippen molar-refractivity contribution in [2.45, 2.75) is 19.4 Å². The van der Waals surface area contributed by atoms with Crippen LogP contribution in [0.5, 0.6) is 0 Å². The van der Waals surface area contributed by atoms with Crippen LogP contribution in [0.25, 0.3) is 0 Å². The molecule has 1 aliphatic heterocycles. The van der Waals surface area contributed by atoms with Gasteiger partial charge in [-0.1, -0.05) is 24.3 Å². The number of amides is 2. The number of nitrogens with zero attached hydrogens (tertiary/aromatic N) is 1. The summed E-state index contributed by atoms with van der Waals surface area (Å²) in [7, 11) is 0. The van der Waals surface area contributed by atoms with E-state index in [1.807, 2.05) is 19.1 Å². The van der Waals surface area contributed by atoms with Gasteiger partial charge < -0.3 is 10.6 Å². The van der Waals surface area contributed by atoms with Crippen LogP contribution >= 0.6 is 0 Å². The molecule has 0 spiro atoms. The van der Waals surface area contributed by atoms with Crippen molar-refractivity contribution in [1.29, 1.82) is 5.26 Å². The zero-order chi connectivity index (χ0) is 16.4. The minimum Gasteiger partial charge on any atom is -0.340 e. The van der Waals surface area contributed by atoms with Crippen molar-refractivity contribution in [1.82, 2.24) is 5.32 Å². The molecule has 2 aromatic carbocycles. The fourth-order valence-electron chi connectivity index (χ4n) is 2.74. The Morgan fingerprint density at radius 3 is 2.74 bits per heavy atom. The normalized spacial score (nSPS) is 16.6. The number of benzene rings is 2. The lowest BCUT2D eigenvalue weighted by Crippen LogP contribution is -2.42. The quantitative estimate of drug-likeness (QED) is 0.892. The van der Waals surface area contributed by atoms with Gasteiger partial charge >= 0.3 is 0 Å². The Balaban J connectivity index is 1.89. The molecule has 2 amide bonds. The molecule has 23 heavy (non-hydrogen) atoms. The average Bonchev–Trinajstić information content (AvgIpc) is 2.65. The number of anilines is 1.